The predicted molar refractivity (Wildman–Crippen MR) is 67.4 cm³/mol. The maximum absolute atomic E-state index is 12.7. The van der Waals surface area contributed by atoms with Gasteiger partial charge in [-0.3, -0.25) is 9.66 Å². The lowest BCUT2D eigenvalue weighted by atomic mass is 10.4. The molecule has 0 saturated carbocycles. The second-order valence-corrected chi connectivity index (χ2v) is 6.11. The molecule has 0 atom stereocenters. The number of hydrogen-bond donors (Lipinski definition) is 2. The van der Waals surface area contributed by atoms with E-state index in [4.69, 9.17) is 20.0 Å². The van der Waals surface area contributed by atoms with E-state index in [1.807, 2.05) is 6.07 Å². The van der Waals surface area contributed by atoms with Crippen LogP contribution in [0.25, 0.3) is 0 Å². The maximum Gasteiger partial charge on any atom is 0.380 e. The van der Waals surface area contributed by atoms with Gasteiger partial charge < -0.3 is 14.8 Å². The van der Waals surface area contributed by atoms with Crippen molar-refractivity contribution in [3.05, 3.63) is 5.56 Å². The largest absolute Gasteiger partial charge is 0.381 e. The Morgan fingerprint density at radius 3 is 2.22 bits per heavy atom. The summed E-state index contributed by atoms with van der Waals surface area (Å²) in [5, 5.41) is 15.1. The first-order valence-corrected chi connectivity index (χ1v) is 7.05. The van der Waals surface area contributed by atoms with Gasteiger partial charge in [0, 0.05) is 0 Å². The van der Waals surface area contributed by atoms with Gasteiger partial charge in [-0.1, -0.05) is 0 Å². The Hall–Kier alpha value is -1.35. The van der Waals surface area contributed by atoms with E-state index < -0.39 is 7.60 Å². The zero-order valence-electron chi connectivity index (χ0n) is 10.8. The molecule has 0 aliphatic heterocycles. The lowest BCUT2D eigenvalue weighted by Crippen LogP contribution is -2.20. The van der Waals surface area contributed by atoms with Gasteiger partial charge >= 0.3 is 7.60 Å². The molecule has 7 nitrogen and oxygen atoms in total. The average Bonchev–Trinajstić information content (AvgIpc) is 2.57. The van der Waals surface area contributed by atoms with E-state index >= 15 is 0 Å². The molecule has 100 valence electrons. The van der Waals surface area contributed by atoms with Crippen molar-refractivity contribution in [2.45, 2.75) is 39.9 Å². The molecule has 3 N–H and O–H groups in total. The number of H-pyrrole nitrogens is 1. The second kappa shape index (κ2) is 5.53. The van der Waals surface area contributed by atoms with E-state index in [2.05, 4.69) is 10.2 Å². The number of hydrogen-bond acceptors (Lipinski definition) is 6. The first-order valence-electron chi connectivity index (χ1n) is 5.51. The van der Waals surface area contributed by atoms with Crippen molar-refractivity contribution < 1.29 is 13.6 Å². The molecule has 8 heteroatoms. The summed E-state index contributed by atoms with van der Waals surface area (Å²) in [4.78, 5) is 0. The molecular formula is C10H17N4O3P. The van der Waals surface area contributed by atoms with Gasteiger partial charge in [0.05, 0.1) is 12.2 Å². The number of nitrogens with two attached hydrogens (primary N) is 1. The molecule has 18 heavy (non-hydrogen) atoms. The summed E-state index contributed by atoms with van der Waals surface area (Å²) in [5.74, 6) is -0.0209. The zero-order chi connectivity index (χ0) is 13.9. The fourth-order valence-corrected chi connectivity index (χ4v) is 3.32. The molecule has 1 heterocycles. The highest BCUT2D eigenvalue weighted by molar-refractivity contribution is 7.62. The molecule has 0 bridgehead atoms. The summed E-state index contributed by atoms with van der Waals surface area (Å²) in [6.45, 7) is 6.90. The number of nitrogens with one attached hydrogen (secondary N) is 1. The van der Waals surface area contributed by atoms with Crippen LogP contribution in [0.4, 0.5) is 5.82 Å². The first kappa shape index (κ1) is 14.7. The van der Waals surface area contributed by atoms with Gasteiger partial charge in [0.1, 0.15) is 11.6 Å². The van der Waals surface area contributed by atoms with Gasteiger partial charge in [0.25, 0.3) is 0 Å². The van der Waals surface area contributed by atoms with Gasteiger partial charge in [-0.25, -0.2) is 0 Å². The number of aromatic nitrogens is 2. The number of aromatic amines is 1. The third-order valence-electron chi connectivity index (χ3n) is 1.86. The molecule has 1 aromatic rings. The van der Waals surface area contributed by atoms with Gasteiger partial charge in [0.15, 0.2) is 11.3 Å². The molecule has 0 fully saturated rings. The van der Waals surface area contributed by atoms with E-state index in [-0.39, 0.29) is 29.0 Å². The smallest absolute Gasteiger partial charge is 0.380 e. The van der Waals surface area contributed by atoms with Crippen LogP contribution < -0.4 is 11.2 Å². The Labute approximate surface area is 106 Å². The molecule has 0 amide bonds. The third-order valence-corrected chi connectivity index (χ3v) is 4.13. The van der Waals surface area contributed by atoms with Crippen LogP contribution >= 0.6 is 7.60 Å². The van der Waals surface area contributed by atoms with Crippen LogP contribution in [0.2, 0.25) is 0 Å². The molecule has 1 rings (SSSR count). The molecule has 0 saturated heterocycles. The lowest BCUT2D eigenvalue weighted by Gasteiger charge is -2.21. The lowest BCUT2D eigenvalue weighted by molar-refractivity contribution is 0.149. The van der Waals surface area contributed by atoms with E-state index in [1.54, 1.807) is 27.7 Å². The summed E-state index contributed by atoms with van der Waals surface area (Å²) in [5.41, 5.74) is 5.52. The number of nitrogens with zero attached hydrogens (tertiary/aromatic N) is 2. The van der Waals surface area contributed by atoms with Gasteiger partial charge in [-0.15, -0.1) is 0 Å². The van der Waals surface area contributed by atoms with Crippen molar-refractivity contribution >= 4 is 18.8 Å². The summed E-state index contributed by atoms with van der Waals surface area (Å²) in [7, 11) is -3.64. The fourth-order valence-electron chi connectivity index (χ4n) is 1.34. The second-order valence-electron chi connectivity index (χ2n) is 4.25. The minimum absolute atomic E-state index is 0.000340. The summed E-state index contributed by atoms with van der Waals surface area (Å²) in [6.07, 6.45) is -0.656. The normalized spacial score (nSPS) is 12.1. The highest BCUT2D eigenvalue weighted by atomic mass is 31.2. The van der Waals surface area contributed by atoms with E-state index in [9.17, 15) is 4.57 Å². The minimum atomic E-state index is -3.64. The standard InChI is InChI=1S/C10H17N4O3P/c1-6(2)16-18(15,17-7(3)4)10-8(5-11)9(12)13-14-10/h6-7H,1-4H3,(H3,12,13,14). The van der Waals surface area contributed by atoms with E-state index in [0.29, 0.717) is 0 Å². The van der Waals surface area contributed by atoms with Gasteiger partial charge in [-0.2, -0.15) is 10.4 Å². The number of rotatable bonds is 5. The summed E-state index contributed by atoms with van der Waals surface area (Å²) >= 11 is 0. The topological polar surface area (TPSA) is 114 Å². The van der Waals surface area contributed by atoms with Crippen LogP contribution in [0.1, 0.15) is 33.3 Å². The predicted octanol–water partition coefficient (Wildman–Crippen LogP) is 1.53. The Morgan fingerprint density at radius 2 is 1.83 bits per heavy atom. The average molecular weight is 272 g/mol. The summed E-state index contributed by atoms with van der Waals surface area (Å²) in [6, 6.07) is 1.85. The van der Waals surface area contributed by atoms with Crippen molar-refractivity contribution in [1.29, 1.82) is 5.26 Å². The van der Waals surface area contributed by atoms with Gasteiger partial charge in [-0.05, 0) is 27.7 Å². The van der Waals surface area contributed by atoms with E-state index in [0.717, 1.165) is 0 Å². The Balaban J connectivity index is 3.26. The van der Waals surface area contributed by atoms with E-state index in [1.165, 1.54) is 0 Å². The van der Waals surface area contributed by atoms with Crippen LogP contribution in [-0.2, 0) is 13.6 Å². The van der Waals surface area contributed by atoms with Crippen LogP contribution in [0, 0.1) is 11.3 Å². The monoisotopic (exact) mass is 272 g/mol. The van der Waals surface area contributed by atoms with Crippen molar-refractivity contribution in [2.24, 2.45) is 0 Å². The number of anilines is 1. The van der Waals surface area contributed by atoms with Crippen molar-refractivity contribution in [2.75, 3.05) is 5.73 Å². The van der Waals surface area contributed by atoms with Crippen LogP contribution in [0.5, 0.6) is 0 Å². The van der Waals surface area contributed by atoms with Crippen molar-refractivity contribution in [3.63, 3.8) is 0 Å². The molecule has 0 radical (unpaired) electrons. The van der Waals surface area contributed by atoms with Gasteiger partial charge in [0.2, 0.25) is 0 Å². The van der Waals surface area contributed by atoms with Crippen molar-refractivity contribution in [3.8, 4) is 6.07 Å². The molecule has 1 aromatic heterocycles. The van der Waals surface area contributed by atoms with Crippen LogP contribution in [0.3, 0.4) is 0 Å². The maximum atomic E-state index is 12.7. The number of nitrogen functional groups attached to an aromatic ring is 1. The molecule has 0 aromatic carbocycles. The first-order chi connectivity index (χ1) is 8.30. The highest BCUT2D eigenvalue weighted by Gasteiger charge is 2.36. The fraction of sp³-hybridized carbons (Fsp3) is 0.600. The minimum Gasteiger partial charge on any atom is -0.381 e. The van der Waals surface area contributed by atoms with Crippen molar-refractivity contribution in [1.82, 2.24) is 10.2 Å². The molecule has 0 unspecified atom stereocenters. The quantitative estimate of drug-likeness (QED) is 0.785. The molecular weight excluding hydrogens is 255 g/mol. The molecule has 0 aliphatic rings. The highest BCUT2D eigenvalue weighted by Crippen LogP contribution is 2.49. The van der Waals surface area contributed by atoms with Crippen LogP contribution in [-0.4, -0.2) is 22.4 Å². The zero-order valence-corrected chi connectivity index (χ0v) is 11.7. The third kappa shape index (κ3) is 3.10. The van der Waals surface area contributed by atoms with Crippen LogP contribution in [0.15, 0.2) is 0 Å². The number of nitriles is 1. The Morgan fingerprint density at radius 1 is 1.33 bits per heavy atom. The summed E-state index contributed by atoms with van der Waals surface area (Å²) < 4.78 is 23.4. The molecule has 0 aliphatic carbocycles. The molecule has 0 spiro atoms. The Bertz CT molecular complexity index is 490. The Kier molecular flexibility index (Phi) is 4.52. The SMILES string of the molecule is CC(C)OP(=O)(OC(C)C)c1[nH]nc(N)c1C#N.